The van der Waals surface area contributed by atoms with Crippen molar-refractivity contribution in [1.82, 2.24) is 15.6 Å². The molecule has 0 aliphatic heterocycles. The van der Waals surface area contributed by atoms with Crippen LogP contribution in [0.5, 0.6) is 0 Å². The number of nitrogens with zero attached hydrogens (tertiary/aromatic N) is 4. The Bertz CT molecular complexity index is 1080. The van der Waals surface area contributed by atoms with Gasteiger partial charge in [0.2, 0.25) is 11.0 Å². The number of hydrazone groups is 1. The summed E-state index contributed by atoms with van der Waals surface area (Å²) in [4.78, 5) is 26.6. The molecule has 0 fully saturated rings. The lowest BCUT2D eigenvalue weighted by Crippen LogP contribution is -2.21. The lowest BCUT2D eigenvalue weighted by atomic mass is 10.2. The van der Waals surface area contributed by atoms with Gasteiger partial charge in [-0.25, -0.2) is 5.43 Å². The van der Waals surface area contributed by atoms with E-state index in [1.165, 1.54) is 0 Å². The van der Waals surface area contributed by atoms with Gasteiger partial charge >= 0.3 is 0 Å². The normalized spacial score (nSPS) is 10.8. The smallest absolute Gasteiger partial charge is 0.257 e. The van der Waals surface area contributed by atoms with Crippen molar-refractivity contribution in [2.24, 2.45) is 5.10 Å². The first-order chi connectivity index (χ1) is 15.5. The van der Waals surface area contributed by atoms with Crippen LogP contribution in [-0.4, -0.2) is 41.3 Å². The van der Waals surface area contributed by atoms with E-state index in [0.29, 0.717) is 20.7 Å². The maximum atomic E-state index is 12.2. The van der Waals surface area contributed by atoms with Crippen molar-refractivity contribution in [2.45, 2.75) is 20.3 Å². The summed E-state index contributed by atoms with van der Waals surface area (Å²) in [5.41, 5.74) is 4.95. The number of rotatable bonds is 9. The molecule has 0 spiro atoms. The highest BCUT2D eigenvalue weighted by Crippen LogP contribution is 2.18. The summed E-state index contributed by atoms with van der Waals surface area (Å²) in [5.74, 6) is -0.654. The van der Waals surface area contributed by atoms with Crippen LogP contribution >= 0.6 is 22.9 Å². The molecule has 166 valence electrons. The van der Waals surface area contributed by atoms with E-state index >= 15 is 0 Å². The second-order valence-electron chi connectivity index (χ2n) is 6.70. The van der Waals surface area contributed by atoms with Crippen LogP contribution in [0, 0.1) is 0 Å². The number of aromatic nitrogens is 2. The average molecular weight is 471 g/mol. The van der Waals surface area contributed by atoms with E-state index in [4.69, 9.17) is 11.6 Å². The van der Waals surface area contributed by atoms with Crippen molar-refractivity contribution in [2.75, 3.05) is 23.3 Å². The molecule has 32 heavy (non-hydrogen) atoms. The molecule has 0 unspecified atom stereocenters. The molecule has 0 aliphatic carbocycles. The molecule has 3 rings (SSSR count). The van der Waals surface area contributed by atoms with Gasteiger partial charge in [0, 0.05) is 29.4 Å². The molecular formula is C22H23ClN6O2S. The summed E-state index contributed by atoms with van der Waals surface area (Å²) < 4.78 is 0. The number of hydrogen-bond donors (Lipinski definition) is 2. The summed E-state index contributed by atoms with van der Waals surface area (Å²) in [6.07, 6.45) is 1.59. The minimum absolute atomic E-state index is 0.00667. The van der Waals surface area contributed by atoms with E-state index in [2.05, 4.69) is 44.8 Å². The zero-order valence-corrected chi connectivity index (χ0v) is 19.3. The molecule has 8 nitrogen and oxygen atoms in total. The topological polar surface area (TPSA) is 99.6 Å². The highest BCUT2D eigenvalue weighted by Gasteiger charge is 2.12. The van der Waals surface area contributed by atoms with Gasteiger partial charge in [0.25, 0.3) is 5.91 Å². The van der Waals surface area contributed by atoms with Gasteiger partial charge in [0.05, 0.1) is 12.6 Å². The molecule has 2 aromatic carbocycles. The monoisotopic (exact) mass is 470 g/mol. The minimum atomic E-state index is -0.328. The van der Waals surface area contributed by atoms with E-state index in [1.54, 1.807) is 30.5 Å². The summed E-state index contributed by atoms with van der Waals surface area (Å²) in [5, 5.41) is 15.8. The lowest BCUT2D eigenvalue weighted by Gasteiger charge is -2.20. The van der Waals surface area contributed by atoms with Gasteiger partial charge in [-0.15, -0.1) is 10.2 Å². The van der Waals surface area contributed by atoms with E-state index in [1.807, 2.05) is 24.3 Å². The van der Waals surface area contributed by atoms with Crippen molar-refractivity contribution in [3.63, 3.8) is 0 Å². The molecular weight excluding hydrogens is 448 g/mol. The van der Waals surface area contributed by atoms with E-state index in [-0.39, 0.29) is 18.2 Å². The Labute approximate surface area is 195 Å². The largest absolute Gasteiger partial charge is 0.372 e. The fraction of sp³-hybridized carbons (Fsp3) is 0.227. The van der Waals surface area contributed by atoms with Crippen LogP contribution in [0.25, 0.3) is 0 Å². The minimum Gasteiger partial charge on any atom is -0.372 e. The first-order valence-electron chi connectivity index (χ1n) is 10.0. The molecule has 0 aliphatic rings. The SMILES string of the molecule is CCN(CC)c1ccc(/C=N\NC(=O)Cc2nnc(NC(=O)c3ccc(Cl)cc3)s2)cc1. The van der Waals surface area contributed by atoms with Crippen molar-refractivity contribution >= 4 is 51.8 Å². The van der Waals surface area contributed by atoms with Crippen LogP contribution in [-0.2, 0) is 11.2 Å². The zero-order chi connectivity index (χ0) is 22.9. The summed E-state index contributed by atoms with van der Waals surface area (Å²) in [6.45, 7) is 6.11. The first kappa shape index (κ1) is 23.4. The maximum Gasteiger partial charge on any atom is 0.257 e. The highest BCUT2D eigenvalue weighted by molar-refractivity contribution is 7.15. The molecule has 2 N–H and O–H groups in total. The van der Waals surface area contributed by atoms with E-state index < -0.39 is 0 Å². The Morgan fingerprint density at radius 3 is 2.41 bits per heavy atom. The zero-order valence-electron chi connectivity index (χ0n) is 17.7. The van der Waals surface area contributed by atoms with Gasteiger partial charge in [-0.05, 0) is 55.8 Å². The van der Waals surface area contributed by atoms with Crippen molar-refractivity contribution in [3.05, 3.63) is 69.7 Å². The number of carbonyl (C=O) groups excluding carboxylic acids is 2. The molecule has 0 saturated heterocycles. The molecule has 0 atom stereocenters. The number of nitrogens with one attached hydrogen (secondary N) is 2. The Morgan fingerprint density at radius 1 is 1.06 bits per heavy atom. The molecule has 1 heterocycles. The number of amides is 2. The number of anilines is 2. The van der Waals surface area contributed by atoms with Gasteiger partial charge < -0.3 is 4.90 Å². The third-order valence-corrected chi connectivity index (χ3v) is 5.62. The van der Waals surface area contributed by atoms with Crippen LogP contribution in [0.3, 0.4) is 0 Å². The van der Waals surface area contributed by atoms with Gasteiger partial charge in [-0.1, -0.05) is 35.1 Å². The van der Waals surface area contributed by atoms with E-state index in [0.717, 1.165) is 35.7 Å². The van der Waals surface area contributed by atoms with Crippen molar-refractivity contribution < 1.29 is 9.59 Å². The first-order valence-corrected chi connectivity index (χ1v) is 11.2. The Balaban J connectivity index is 1.48. The van der Waals surface area contributed by atoms with Gasteiger partial charge in [-0.3, -0.25) is 14.9 Å². The van der Waals surface area contributed by atoms with Crippen LogP contribution in [0.2, 0.25) is 5.02 Å². The Kier molecular flexibility index (Phi) is 8.29. The van der Waals surface area contributed by atoms with Crippen LogP contribution < -0.4 is 15.6 Å². The molecule has 0 radical (unpaired) electrons. The summed E-state index contributed by atoms with van der Waals surface area (Å²) in [6, 6.07) is 14.4. The van der Waals surface area contributed by atoms with Crippen molar-refractivity contribution in [1.29, 1.82) is 0 Å². The molecule has 2 amide bonds. The summed E-state index contributed by atoms with van der Waals surface area (Å²) in [7, 11) is 0. The highest BCUT2D eigenvalue weighted by atomic mass is 35.5. The quantitative estimate of drug-likeness (QED) is 0.364. The van der Waals surface area contributed by atoms with Crippen LogP contribution in [0.1, 0.15) is 34.8 Å². The van der Waals surface area contributed by atoms with Gasteiger partial charge in [0.1, 0.15) is 5.01 Å². The second kappa shape index (κ2) is 11.4. The standard InChI is InChI=1S/C22H23ClN6O2S/c1-3-29(4-2)18-11-5-15(6-12-18)14-24-26-19(30)13-20-27-28-22(32-20)25-21(31)16-7-9-17(23)10-8-16/h5-12,14H,3-4,13H2,1-2H3,(H,26,30)(H,25,28,31)/b24-14-. The molecule has 0 saturated carbocycles. The third-order valence-electron chi connectivity index (χ3n) is 4.53. The number of halogens is 1. The Hall–Kier alpha value is -3.30. The Morgan fingerprint density at radius 2 is 1.75 bits per heavy atom. The van der Waals surface area contributed by atoms with E-state index in [9.17, 15) is 9.59 Å². The fourth-order valence-electron chi connectivity index (χ4n) is 2.86. The van der Waals surface area contributed by atoms with Crippen molar-refractivity contribution in [3.8, 4) is 0 Å². The average Bonchev–Trinajstić information content (AvgIpc) is 3.22. The molecule has 10 heteroatoms. The number of hydrogen-bond acceptors (Lipinski definition) is 7. The van der Waals surface area contributed by atoms with Gasteiger partial charge in [-0.2, -0.15) is 5.10 Å². The predicted octanol–water partition coefficient (Wildman–Crippen LogP) is 3.98. The lowest BCUT2D eigenvalue weighted by molar-refractivity contribution is -0.120. The third kappa shape index (κ3) is 6.60. The number of benzene rings is 2. The summed E-state index contributed by atoms with van der Waals surface area (Å²) >= 11 is 6.95. The predicted molar refractivity (Wildman–Crippen MR) is 129 cm³/mol. The van der Waals surface area contributed by atoms with Gasteiger partial charge in [0.15, 0.2) is 0 Å². The number of carbonyl (C=O) groups is 2. The fourth-order valence-corrected chi connectivity index (χ4v) is 3.72. The van der Waals surface area contributed by atoms with Crippen LogP contribution in [0.15, 0.2) is 53.6 Å². The van der Waals surface area contributed by atoms with Crippen LogP contribution in [0.4, 0.5) is 10.8 Å². The molecule has 1 aromatic heterocycles. The maximum absolute atomic E-state index is 12.2. The second-order valence-corrected chi connectivity index (χ2v) is 8.19. The molecule has 0 bridgehead atoms. The molecule has 3 aromatic rings.